The molecule has 0 saturated carbocycles. The minimum atomic E-state index is -0.155. The van der Waals surface area contributed by atoms with Crippen molar-refractivity contribution < 1.29 is 4.79 Å². The van der Waals surface area contributed by atoms with Gasteiger partial charge in [0, 0.05) is 42.8 Å². The molecule has 1 atom stereocenters. The van der Waals surface area contributed by atoms with Gasteiger partial charge in [-0.15, -0.1) is 0 Å². The second kappa shape index (κ2) is 7.10. The molecule has 0 radical (unpaired) electrons. The fourth-order valence-corrected chi connectivity index (χ4v) is 3.22. The molecular weight excluding hydrogens is 307 g/mol. The summed E-state index contributed by atoms with van der Waals surface area (Å²) in [5, 5.41) is 0.981. The third-order valence-corrected chi connectivity index (χ3v) is 4.75. The van der Waals surface area contributed by atoms with Crippen LogP contribution in [0, 0.1) is 0 Å². The molecule has 0 N–H and O–H groups in total. The summed E-state index contributed by atoms with van der Waals surface area (Å²) < 4.78 is 0. The fourth-order valence-electron chi connectivity index (χ4n) is 2.72. The molecule has 1 heterocycles. The zero-order valence-electron chi connectivity index (χ0n) is 12.8. The van der Waals surface area contributed by atoms with Gasteiger partial charge in [-0.05, 0) is 39.0 Å². The van der Waals surface area contributed by atoms with Crippen LogP contribution in [-0.4, -0.2) is 53.8 Å². The monoisotopic (exact) mass is 328 g/mol. The number of hydrogen-bond donors (Lipinski definition) is 0. The molecule has 1 saturated heterocycles. The maximum absolute atomic E-state index is 12.6. The van der Waals surface area contributed by atoms with E-state index in [1.165, 1.54) is 0 Å². The molecule has 0 aromatic heterocycles. The van der Waals surface area contributed by atoms with Crippen LogP contribution in [-0.2, 0) is 0 Å². The molecule has 1 aliphatic rings. The Morgan fingerprint density at radius 1 is 1.05 bits per heavy atom. The number of nitrogens with zero attached hydrogens (tertiary/aromatic N) is 2. The van der Waals surface area contributed by atoms with Crippen LogP contribution in [0.2, 0.25) is 10.0 Å². The highest BCUT2D eigenvalue weighted by Crippen LogP contribution is 2.23. The summed E-state index contributed by atoms with van der Waals surface area (Å²) in [5.74, 6) is 0.0645. The first-order valence-corrected chi connectivity index (χ1v) is 8.13. The summed E-state index contributed by atoms with van der Waals surface area (Å²) in [5.41, 5.74) is 0.555. The molecule has 0 amide bonds. The van der Waals surface area contributed by atoms with Gasteiger partial charge in [0.2, 0.25) is 0 Å². The molecule has 1 unspecified atom stereocenters. The smallest absolute Gasteiger partial charge is 0.181 e. The Balaban J connectivity index is 2.03. The van der Waals surface area contributed by atoms with Crippen LogP contribution in [0.25, 0.3) is 0 Å². The summed E-state index contributed by atoms with van der Waals surface area (Å²) in [7, 11) is 0. The van der Waals surface area contributed by atoms with Crippen LogP contribution in [0.5, 0.6) is 0 Å². The maximum atomic E-state index is 12.6. The Morgan fingerprint density at radius 2 is 1.62 bits per heavy atom. The van der Waals surface area contributed by atoms with Crippen LogP contribution in [0.3, 0.4) is 0 Å². The topological polar surface area (TPSA) is 23.6 Å². The predicted molar refractivity (Wildman–Crippen MR) is 88.5 cm³/mol. The first-order valence-electron chi connectivity index (χ1n) is 7.37. The van der Waals surface area contributed by atoms with E-state index in [4.69, 9.17) is 23.2 Å². The van der Waals surface area contributed by atoms with Crippen molar-refractivity contribution >= 4 is 29.0 Å². The second-order valence-electron chi connectivity index (χ2n) is 5.83. The number of ketones is 1. The van der Waals surface area contributed by atoms with Gasteiger partial charge in [0.25, 0.3) is 0 Å². The molecule has 5 heteroatoms. The van der Waals surface area contributed by atoms with Gasteiger partial charge in [0.15, 0.2) is 5.78 Å². The molecule has 116 valence electrons. The standard InChI is InChI=1S/C16H22Cl2N2O/c1-11(2)19-6-8-20(9-7-19)12(3)16(21)14-5-4-13(17)10-15(14)18/h4-5,10-12H,6-9H2,1-3H3. The average Bonchev–Trinajstić information content (AvgIpc) is 2.46. The largest absolute Gasteiger partial charge is 0.298 e. The Hall–Kier alpha value is -0.610. The first kappa shape index (κ1) is 16.8. The fraction of sp³-hybridized carbons (Fsp3) is 0.562. The summed E-state index contributed by atoms with van der Waals surface area (Å²) >= 11 is 12.0. The number of rotatable bonds is 4. The number of Topliss-reactive ketones (excluding diaryl/α,β-unsaturated/α-hetero) is 1. The van der Waals surface area contributed by atoms with E-state index in [9.17, 15) is 4.79 Å². The van der Waals surface area contributed by atoms with Gasteiger partial charge in [0.1, 0.15) is 0 Å². The van der Waals surface area contributed by atoms with Gasteiger partial charge in [-0.3, -0.25) is 14.6 Å². The van der Waals surface area contributed by atoms with E-state index in [1.54, 1.807) is 18.2 Å². The zero-order chi connectivity index (χ0) is 15.6. The lowest BCUT2D eigenvalue weighted by molar-refractivity contribution is 0.0639. The lowest BCUT2D eigenvalue weighted by Gasteiger charge is -2.39. The van der Waals surface area contributed by atoms with Crippen molar-refractivity contribution in [3.8, 4) is 0 Å². The number of hydrogen-bond acceptors (Lipinski definition) is 3. The molecule has 21 heavy (non-hydrogen) atoms. The summed E-state index contributed by atoms with van der Waals surface area (Å²) in [6.07, 6.45) is 0. The van der Waals surface area contributed by atoms with Crippen molar-refractivity contribution in [3.63, 3.8) is 0 Å². The molecule has 1 aromatic rings. The number of benzene rings is 1. The second-order valence-corrected chi connectivity index (χ2v) is 6.67. The third kappa shape index (κ3) is 3.98. The molecule has 2 rings (SSSR count). The van der Waals surface area contributed by atoms with Crippen molar-refractivity contribution in [2.75, 3.05) is 26.2 Å². The molecule has 1 fully saturated rings. The quantitative estimate of drug-likeness (QED) is 0.789. The van der Waals surface area contributed by atoms with Gasteiger partial charge >= 0.3 is 0 Å². The van der Waals surface area contributed by atoms with Gasteiger partial charge < -0.3 is 0 Å². The Morgan fingerprint density at radius 3 is 2.14 bits per heavy atom. The average molecular weight is 329 g/mol. The van der Waals surface area contributed by atoms with E-state index >= 15 is 0 Å². The number of carbonyl (C=O) groups is 1. The normalized spacial score (nSPS) is 19.0. The van der Waals surface area contributed by atoms with Crippen molar-refractivity contribution in [1.82, 2.24) is 9.80 Å². The Kier molecular flexibility index (Phi) is 5.67. The van der Waals surface area contributed by atoms with Gasteiger partial charge in [-0.1, -0.05) is 23.2 Å². The molecule has 1 aromatic carbocycles. The van der Waals surface area contributed by atoms with E-state index < -0.39 is 0 Å². The SMILES string of the molecule is CC(C)N1CCN(C(C)C(=O)c2ccc(Cl)cc2Cl)CC1. The van der Waals surface area contributed by atoms with Gasteiger partial charge in [-0.2, -0.15) is 0 Å². The summed E-state index contributed by atoms with van der Waals surface area (Å²) in [6.45, 7) is 10.2. The minimum Gasteiger partial charge on any atom is -0.298 e. The van der Waals surface area contributed by atoms with E-state index in [-0.39, 0.29) is 11.8 Å². The van der Waals surface area contributed by atoms with Crippen molar-refractivity contribution in [1.29, 1.82) is 0 Å². The van der Waals surface area contributed by atoms with Crippen molar-refractivity contribution in [3.05, 3.63) is 33.8 Å². The molecule has 0 bridgehead atoms. The summed E-state index contributed by atoms with van der Waals surface area (Å²) in [4.78, 5) is 17.3. The van der Waals surface area contributed by atoms with Gasteiger partial charge in [0.05, 0.1) is 11.1 Å². The van der Waals surface area contributed by atoms with E-state index in [0.717, 1.165) is 26.2 Å². The molecule has 1 aliphatic heterocycles. The highest BCUT2D eigenvalue weighted by atomic mass is 35.5. The van der Waals surface area contributed by atoms with E-state index in [0.29, 0.717) is 21.7 Å². The highest BCUT2D eigenvalue weighted by molar-refractivity contribution is 6.37. The molecular formula is C16H22Cl2N2O. The Bertz CT molecular complexity index is 511. The lowest BCUT2D eigenvalue weighted by atomic mass is 10.0. The van der Waals surface area contributed by atoms with Crippen LogP contribution in [0.15, 0.2) is 18.2 Å². The molecule has 0 aliphatic carbocycles. The third-order valence-electron chi connectivity index (χ3n) is 4.20. The highest BCUT2D eigenvalue weighted by Gasteiger charge is 2.27. The predicted octanol–water partition coefficient (Wildman–Crippen LogP) is 3.59. The van der Waals surface area contributed by atoms with Crippen LogP contribution in [0.4, 0.5) is 0 Å². The summed E-state index contributed by atoms with van der Waals surface area (Å²) in [6, 6.07) is 5.46. The Labute approximate surface area is 136 Å². The van der Waals surface area contributed by atoms with Crippen LogP contribution in [0.1, 0.15) is 31.1 Å². The van der Waals surface area contributed by atoms with Crippen molar-refractivity contribution in [2.45, 2.75) is 32.9 Å². The lowest BCUT2D eigenvalue weighted by Crippen LogP contribution is -2.53. The molecule has 0 spiro atoms. The number of halogens is 2. The number of piperazine rings is 1. The maximum Gasteiger partial charge on any atom is 0.181 e. The molecule has 3 nitrogen and oxygen atoms in total. The zero-order valence-corrected chi connectivity index (χ0v) is 14.3. The van der Waals surface area contributed by atoms with E-state index in [1.807, 2.05) is 6.92 Å². The van der Waals surface area contributed by atoms with Gasteiger partial charge in [-0.25, -0.2) is 0 Å². The van der Waals surface area contributed by atoms with E-state index in [2.05, 4.69) is 23.6 Å². The van der Waals surface area contributed by atoms with Crippen LogP contribution < -0.4 is 0 Å². The van der Waals surface area contributed by atoms with Crippen LogP contribution >= 0.6 is 23.2 Å². The minimum absolute atomic E-state index is 0.0645. The van der Waals surface area contributed by atoms with Crippen molar-refractivity contribution in [2.24, 2.45) is 0 Å². The number of carbonyl (C=O) groups excluding carboxylic acids is 1. The first-order chi connectivity index (χ1) is 9.90.